The van der Waals surface area contributed by atoms with Crippen molar-refractivity contribution < 1.29 is 44.3 Å². The second kappa shape index (κ2) is 3.48. The molecule has 0 spiro atoms. The summed E-state index contributed by atoms with van der Waals surface area (Å²) >= 11 is 0. The van der Waals surface area contributed by atoms with Crippen molar-refractivity contribution in [2.24, 2.45) is 0 Å². The minimum Gasteiger partial charge on any atom is -0.240 e. The highest BCUT2D eigenvalue weighted by Gasteiger charge is 2.68. The molecule has 0 fully saturated rings. The van der Waals surface area contributed by atoms with Gasteiger partial charge in [0.1, 0.15) is 0 Å². The Morgan fingerprint density at radius 3 is 1.21 bits per heavy atom. The Labute approximate surface area is 70.4 Å². The first-order chi connectivity index (χ1) is 5.90. The highest BCUT2D eigenvalue weighted by atomic mass is 19.4. The lowest BCUT2D eigenvalue weighted by atomic mass is 10.3. The lowest BCUT2D eigenvalue weighted by molar-refractivity contribution is -0.467. The summed E-state index contributed by atoms with van der Waals surface area (Å²) in [5.74, 6) is -6.04. The van der Waals surface area contributed by atoms with Crippen LogP contribution in [0.25, 0.3) is 0 Å². The van der Waals surface area contributed by atoms with Gasteiger partial charge in [-0.15, -0.1) is 13.2 Å². The van der Waals surface area contributed by atoms with Crippen molar-refractivity contribution in [1.29, 1.82) is 0 Å². The van der Waals surface area contributed by atoms with Gasteiger partial charge in [-0.3, -0.25) is 0 Å². The standard InChI is InChI=1S/C4HF9O/c5-1(6)2(7,3(8,9)10)14-4(11,12)13/h1H. The molecule has 0 aromatic rings. The Kier molecular flexibility index (Phi) is 3.31. The number of halogens is 9. The molecule has 0 N–H and O–H groups in total. The van der Waals surface area contributed by atoms with Gasteiger partial charge in [0.25, 0.3) is 0 Å². The molecule has 0 saturated carbocycles. The molecule has 10 heteroatoms. The second-order valence-corrected chi connectivity index (χ2v) is 1.99. The molecule has 1 nitrogen and oxygen atoms in total. The fraction of sp³-hybridized carbons (Fsp3) is 1.00. The molecule has 14 heavy (non-hydrogen) atoms. The van der Waals surface area contributed by atoms with Gasteiger partial charge >= 0.3 is 24.8 Å². The fourth-order valence-corrected chi connectivity index (χ4v) is 0.395. The van der Waals surface area contributed by atoms with Crippen LogP contribution >= 0.6 is 0 Å². The zero-order chi connectivity index (χ0) is 11.8. The molecule has 0 aliphatic rings. The Balaban J connectivity index is 4.94. The van der Waals surface area contributed by atoms with E-state index in [2.05, 4.69) is 0 Å². The summed E-state index contributed by atoms with van der Waals surface area (Å²) in [5, 5.41) is 0. The first-order valence-electron chi connectivity index (χ1n) is 2.71. The average molecular weight is 236 g/mol. The first-order valence-corrected chi connectivity index (χ1v) is 2.71. The lowest BCUT2D eigenvalue weighted by Crippen LogP contribution is -2.52. The minimum atomic E-state index is -6.48. The molecule has 0 aromatic carbocycles. The van der Waals surface area contributed by atoms with Crippen LogP contribution in [0, 0.1) is 0 Å². The van der Waals surface area contributed by atoms with E-state index in [-0.39, 0.29) is 0 Å². The average Bonchev–Trinajstić information content (AvgIpc) is 1.79. The summed E-state index contributed by atoms with van der Waals surface area (Å²) in [6, 6.07) is 0. The van der Waals surface area contributed by atoms with Gasteiger partial charge in [-0.25, -0.2) is 13.5 Å². The van der Waals surface area contributed by atoms with E-state index < -0.39 is 24.8 Å². The largest absolute Gasteiger partial charge is 0.525 e. The molecule has 1 atom stereocenters. The molecule has 0 heterocycles. The molecule has 0 radical (unpaired) electrons. The van der Waals surface area contributed by atoms with Crippen molar-refractivity contribution in [2.75, 3.05) is 0 Å². The molecule has 0 amide bonds. The molecule has 1 unspecified atom stereocenters. The Bertz CT molecular complexity index is 192. The van der Waals surface area contributed by atoms with Crippen LogP contribution in [0.1, 0.15) is 0 Å². The maximum Gasteiger partial charge on any atom is 0.525 e. The lowest BCUT2D eigenvalue weighted by Gasteiger charge is -2.27. The molecule has 86 valence electrons. The number of hydrogen-bond donors (Lipinski definition) is 0. The molecular weight excluding hydrogens is 235 g/mol. The van der Waals surface area contributed by atoms with Crippen molar-refractivity contribution in [3.05, 3.63) is 0 Å². The maximum atomic E-state index is 12.1. The second-order valence-electron chi connectivity index (χ2n) is 1.99. The van der Waals surface area contributed by atoms with Gasteiger partial charge in [-0.2, -0.15) is 17.6 Å². The molecule has 0 aliphatic heterocycles. The first kappa shape index (κ1) is 13.3. The van der Waals surface area contributed by atoms with Gasteiger partial charge in [-0.05, 0) is 0 Å². The summed E-state index contributed by atoms with van der Waals surface area (Å²) in [6.07, 6.45) is -17.6. The van der Waals surface area contributed by atoms with Gasteiger partial charge in [0.05, 0.1) is 0 Å². The fourth-order valence-electron chi connectivity index (χ4n) is 0.395. The van der Waals surface area contributed by atoms with Crippen molar-refractivity contribution in [3.63, 3.8) is 0 Å². The molecule has 0 rings (SSSR count). The number of rotatable bonds is 2. The van der Waals surface area contributed by atoms with Crippen molar-refractivity contribution in [1.82, 2.24) is 0 Å². The van der Waals surface area contributed by atoms with E-state index >= 15 is 0 Å². The van der Waals surface area contributed by atoms with Gasteiger partial charge < -0.3 is 0 Å². The summed E-state index contributed by atoms with van der Waals surface area (Å²) in [7, 11) is 0. The number of ether oxygens (including phenoxy) is 1. The monoisotopic (exact) mass is 236 g/mol. The highest BCUT2D eigenvalue weighted by molar-refractivity contribution is 4.80. The third kappa shape index (κ3) is 2.93. The van der Waals surface area contributed by atoms with Gasteiger partial charge in [0.2, 0.25) is 0 Å². The van der Waals surface area contributed by atoms with Crippen LogP contribution < -0.4 is 0 Å². The molecule has 0 aromatic heterocycles. The summed E-state index contributed by atoms with van der Waals surface area (Å²) in [5.41, 5.74) is 0. The van der Waals surface area contributed by atoms with Crippen LogP contribution in [0.3, 0.4) is 0 Å². The zero-order valence-electron chi connectivity index (χ0n) is 5.89. The van der Waals surface area contributed by atoms with E-state index in [1.807, 2.05) is 0 Å². The van der Waals surface area contributed by atoms with Crippen molar-refractivity contribution >= 4 is 0 Å². The zero-order valence-corrected chi connectivity index (χ0v) is 5.89. The number of hydrogen-bond acceptors (Lipinski definition) is 1. The van der Waals surface area contributed by atoms with Crippen LogP contribution in [0.5, 0.6) is 0 Å². The van der Waals surface area contributed by atoms with Gasteiger partial charge in [0.15, 0.2) is 0 Å². The van der Waals surface area contributed by atoms with Gasteiger partial charge in [0, 0.05) is 0 Å². The van der Waals surface area contributed by atoms with Crippen LogP contribution in [0.4, 0.5) is 39.5 Å². The van der Waals surface area contributed by atoms with Crippen LogP contribution in [-0.4, -0.2) is 24.8 Å². The molecule has 0 bridgehead atoms. The Morgan fingerprint density at radius 2 is 1.14 bits per heavy atom. The topological polar surface area (TPSA) is 9.23 Å². The molecule has 0 aliphatic carbocycles. The minimum absolute atomic E-state index is 1.71. The third-order valence-electron chi connectivity index (χ3n) is 0.931. The van der Waals surface area contributed by atoms with Crippen LogP contribution in [-0.2, 0) is 4.74 Å². The predicted octanol–water partition coefficient (Wildman–Crippen LogP) is 3.02. The van der Waals surface area contributed by atoms with E-state index in [4.69, 9.17) is 0 Å². The summed E-state index contributed by atoms with van der Waals surface area (Å²) in [6.45, 7) is 0. The highest BCUT2D eigenvalue weighted by Crippen LogP contribution is 2.43. The van der Waals surface area contributed by atoms with E-state index in [1.165, 1.54) is 0 Å². The summed E-state index contributed by atoms with van der Waals surface area (Å²) in [4.78, 5) is 0. The number of alkyl halides is 9. The third-order valence-corrected chi connectivity index (χ3v) is 0.931. The van der Waals surface area contributed by atoms with E-state index in [1.54, 1.807) is 4.74 Å². The predicted molar refractivity (Wildman–Crippen MR) is 23.0 cm³/mol. The molecule has 0 saturated heterocycles. The smallest absolute Gasteiger partial charge is 0.240 e. The van der Waals surface area contributed by atoms with E-state index in [9.17, 15) is 39.5 Å². The van der Waals surface area contributed by atoms with Crippen molar-refractivity contribution in [3.8, 4) is 0 Å². The maximum absolute atomic E-state index is 12.1. The van der Waals surface area contributed by atoms with E-state index in [0.29, 0.717) is 0 Å². The van der Waals surface area contributed by atoms with Crippen LogP contribution in [0.15, 0.2) is 0 Å². The van der Waals surface area contributed by atoms with Crippen molar-refractivity contribution in [2.45, 2.75) is 24.8 Å². The quantitative estimate of drug-likeness (QED) is 0.669. The Morgan fingerprint density at radius 1 is 0.786 bits per heavy atom. The van der Waals surface area contributed by atoms with Gasteiger partial charge in [-0.1, -0.05) is 0 Å². The summed E-state index contributed by atoms with van der Waals surface area (Å²) < 4.78 is 104. The SMILES string of the molecule is FC(F)C(F)(OC(F)(F)F)C(F)(F)F. The van der Waals surface area contributed by atoms with E-state index in [0.717, 1.165) is 0 Å². The molecular formula is C4HF9O. The normalized spacial score (nSPS) is 18.4. The van der Waals surface area contributed by atoms with Crippen LogP contribution in [0.2, 0.25) is 0 Å². The Hall–Kier alpha value is -0.670.